The van der Waals surface area contributed by atoms with E-state index in [2.05, 4.69) is 5.32 Å². The summed E-state index contributed by atoms with van der Waals surface area (Å²) in [4.78, 5) is 0. The minimum atomic E-state index is 0.132. The highest BCUT2D eigenvalue weighted by atomic mass is 35.5. The molecule has 0 spiro atoms. The highest BCUT2D eigenvalue weighted by Gasteiger charge is 2.12. The van der Waals surface area contributed by atoms with Crippen molar-refractivity contribution in [3.05, 3.63) is 33.3 Å². The Morgan fingerprint density at radius 2 is 2.10 bits per heavy atom. The Balaban J connectivity index is 2.76. The molecule has 0 heterocycles. The van der Waals surface area contributed by atoms with E-state index in [-0.39, 0.29) is 6.61 Å². The Labute approximate surface area is 139 Å². The van der Waals surface area contributed by atoms with Gasteiger partial charge in [-0.3, -0.25) is 0 Å². The van der Waals surface area contributed by atoms with Crippen LogP contribution in [-0.2, 0) is 11.3 Å². The van der Waals surface area contributed by atoms with E-state index in [1.54, 1.807) is 14.2 Å². The van der Waals surface area contributed by atoms with Gasteiger partial charge in [0.2, 0.25) is 0 Å². The second-order valence-corrected chi connectivity index (χ2v) is 5.23. The van der Waals surface area contributed by atoms with Crippen LogP contribution in [0.25, 0.3) is 0 Å². The molecule has 118 valence electrons. The molecule has 7 heteroatoms. The van der Waals surface area contributed by atoms with Gasteiger partial charge in [-0.05, 0) is 17.7 Å². The van der Waals surface area contributed by atoms with Crippen molar-refractivity contribution in [3.63, 3.8) is 0 Å². The zero-order valence-electron chi connectivity index (χ0n) is 11.9. The lowest BCUT2D eigenvalue weighted by molar-refractivity contribution is 0.199. The van der Waals surface area contributed by atoms with Gasteiger partial charge in [0.25, 0.3) is 0 Å². The first kappa shape index (κ1) is 18.4. The van der Waals surface area contributed by atoms with E-state index in [1.807, 2.05) is 12.1 Å². The molecule has 1 aromatic carbocycles. The standard InChI is InChI=1S/C14H18Cl3NO3/c1-19-4-3-18-8-10-5-12(17)14(13(6-10)20-2)21-9-11(16)7-15/h5-7,18H,3-4,8-9H2,1-2H3. The molecular formula is C14H18Cl3NO3. The van der Waals surface area contributed by atoms with Gasteiger partial charge in [-0.2, -0.15) is 0 Å². The molecule has 0 aliphatic heterocycles. The monoisotopic (exact) mass is 353 g/mol. The molecule has 0 bridgehead atoms. The molecule has 0 amide bonds. The third kappa shape index (κ3) is 6.32. The number of hydrogen-bond donors (Lipinski definition) is 1. The van der Waals surface area contributed by atoms with Crippen molar-refractivity contribution in [2.24, 2.45) is 0 Å². The van der Waals surface area contributed by atoms with Crippen molar-refractivity contribution >= 4 is 34.8 Å². The van der Waals surface area contributed by atoms with Crippen LogP contribution in [-0.4, -0.2) is 34.0 Å². The van der Waals surface area contributed by atoms with Gasteiger partial charge in [0.1, 0.15) is 6.61 Å². The van der Waals surface area contributed by atoms with E-state index in [0.29, 0.717) is 34.7 Å². The lowest BCUT2D eigenvalue weighted by atomic mass is 10.2. The minimum absolute atomic E-state index is 0.132. The van der Waals surface area contributed by atoms with Gasteiger partial charge in [0, 0.05) is 25.7 Å². The van der Waals surface area contributed by atoms with Crippen molar-refractivity contribution < 1.29 is 14.2 Å². The largest absolute Gasteiger partial charge is 0.493 e. The van der Waals surface area contributed by atoms with Crippen LogP contribution in [0.5, 0.6) is 11.5 Å². The molecular weight excluding hydrogens is 337 g/mol. The van der Waals surface area contributed by atoms with Gasteiger partial charge in [-0.1, -0.05) is 34.8 Å². The molecule has 0 atom stereocenters. The molecule has 0 radical (unpaired) electrons. The minimum Gasteiger partial charge on any atom is -0.493 e. The zero-order valence-corrected chi connectivity index (χ0v) is 14.2. The third-order valence-corrected chi connectivity index (χ3v) is 3.45. The van der Waals surface area contributed by atoms with Crippen LogP contribution in [0.1, 0.15) is 5.56 Å². The van der Waals surface area contributed by atoms with E-state index < -0.39 is 0 Å². The zero-order chi connectivity index (χ0) is 15.7. The molecule has 1 rings (SSSR count). The Morgan fingerprint density at radius 3 is 2.71 bits per heavy atom. The van der Waals surface area contributed by atoms with Crippen molar-refractivity contribution in [2.75, 3.05) is 34.0 Å². The molecule has 0 aromatic heterocycles. The molecule has 4 nitrogen and oxygen atoms in total. The predicted molar refractivity (Wildman–Crippen MR) is 86.9 cm³/mol. The Kier molecular flexibility index (Phi) is 8.88. The van der Waals surface area contributed by atoms with E-state index in [1.165, 1.54) is 5.54 Å². The van der Waals surface area contributed by atoms with Crippen LogP contribution in [0.2, 0.25) is 5.02 Å². The summed E-state index contributed by atoms with van der Waals surface area (Å²) >= 11 is 17.5. The molecule has 1 aromatic rings. The van der Waals surface area contributed by atoms with Crippen molar-refractivity contribution in [2.45, 2.75) is 6.54 Å². The first-order valence-electron chi connectivity index (χ1n) is 6.26. The molecule has 21 heavy (non-hydrogen) atoms. The van der Waals surface area contributed by atoms with E-state index >= 15 is 0 Å². The van der Waals surface area contributed by atoms with Crippen molar-refractivity contribution in [1.29, 1.82) is 0 Å². The second-order valence-electron chi connectivity index (χ2n) is 4.12. The fraction of sp³-hybridized carbons (Fsp3) is 0.429. The number of methoxy groups -OCH3 is 2. The Hall–Kier alpha value is -0.650. The number of benzene rings is 1. The summed E-state index contributed by atoms with van der Waals surface area (Å²) in [5.74, 6) is 0.988. The maximum Gasteiger partial charge on any atom is 0.180 e. The highest BCUT2D eigenvalue weighted by Crippen LogP contribution is 2.36. The average Bonchev–Trinajstić information content (AvgIpc) is 2.49. The Morgan fingerprint density at radius 1 is 1.33 bits per heavy atom. The van der Waals surface area contributed by atoms with Gasteiger partial charge < -0.3 is 19.5 Å². The van der Waals surface area contributed by atoms with Gasteiger partial charge in [0.15, 0.2) is 11.5 Å². The summed E-state index contributed by atoms with van der Waals surface area (Å²) in [5, 5.41) is 4.06. The molecule has 0 saturated carbocycles. The van der Waals surface area contributed by atoms with Gasteiger partial charge in [0.05, 0.1) is 23.8 Å². The first-order chi connectivity index (χ1) is 10.1. The van der Waals surface area contributed by atoms with E-state index in [0.717, 1.165) is 12.1 Å². The van der Waals surface area contributed by atoms with E-state index in [4.69, 9.17) is 49.0 Å². The van der Waals surface area contributed by atoms with Crippen molar-refractivity contribution in [1.82, 2.24) is 5.32 Å². The fourth-order valence-electron chi connectivity index (χ4n) is 1.59. The molecule has 0 unspecified atom stereocenters. The lowest BCUT2D eigenvalue weighted by Gasteiger charge is -2.14. The number of rotatable bonds is 9. The summed E-state index contributed by atoms with van der Waals surface area (Å²) in [6.45, 7) is 2.19. The number of hydrogen-bond acceptors (Lipinski definition) is 4. The first-order valence-corrected chi connectivity index (χ1v) is 7.45. The van der Waals surface area contributed by atoms with E-state index in [9.17, 15) is 0 Å². The number of ether oxygens (including phenoxy) is 3. The second kappa shape index (κ2) is 10.1. The van der Waals surface area contributed by atoms with Crippen LogP contribution < -0.4 is 14.8 Å². The number of nitrogens with one attached hydrogen (secondary N) is 1. The predicted octanol–water partition coefficient (Wildman–Crippen LogP) is 3.78. The summed E-state index contributed by atoms with van der Waals surface area (Å²) < 4.78 is 15.8. The summed E-state index contributed by atoms with van der Waals surface area (Å²) in [6, 6.07) is 3.68. The SMILES string of the molecule is COCCNCc1cc(Cl)c(OCC(Cl)=CCl)c(OC)c1. The maximum absolute atomic E-state index is 6.23. The van der Waals surface area contributed by atoms with Crippen LogP contribution in [0, 0.1) is 0 Å². The summed E-state index contributed by atoms with van der Waals surface area (Å²) in [6.07, 6.45) is 0. The maximum atomic E-state index is 6.23. The van der Waals surface area contributed by atoms with Crippen LogP contribution in [0.15, 0.2) is 22.7 Å². The third-order valence-electron chi connectivity index (χ3n) is 2.57. The smallest absolute Gasteiger partial charge is 0.180 e. The number of halogens is 3. The molecule has 0 aliphatic rings. The van der Waals surface area contributed by atoms with Crippen LogP contribution >= 0.6 is 34.8 Å². The molecule has 0 saturated heterocycles. The normalized spacial score (nSPS) is 11.6. The van der Waals surface area contributed by atoms with Crippen molar-refractivity contribution in [3.8, 4) is 11.5 Å². The van der Waals surface area contributed by atoms with Gasteiger partial charge in [-0.25, -0.2) is 0 Å². The summed E-state index contributed by atoms with van der Waals surface area (Å²) in [5.41, 5.74) is 2.23. The topological polar surface area (TPSA) is 39.7 Å². The molecule has 0 aliphatic carbocycles. The highest BCUT2D eigenvalue weighted by molar-refractivity contribution is 6.36. The summed E-state index contributed by atoms with van der Waals surface area (Å²) in [7, 11) is 3.22. The molecule has 0 fully saturated rings. The fourth-order valence-corrected chi connectivity index (χ4v) is 2.00. The van der Waals surface area contributed by atoms with Crippen LogP contribution in [0.4, 0.5) is 0 Å². The van der Waals surface area contributed by atoms with Gasteiger partial charge >= 0.3 is 0 Å². The Bertz CT molecular complexity index is 481. The average molecular weight is 355 g/mol. The molecule has 1 N–H and O–H groups in total. The quantitative estimate of drug-likeness (QED) is 0.685. The van der Waals surface area contributed by atoms with Gasteiger partial charge in [-0.15, -0.1) is 0 Å². The van der Waals surface area contributed by atoms with Crippen LogP contribution in [0.3, 0.4) is 0 Å². The lowest BCUT2D eigenvalue weighted by Crippen LogP contribution is -2.18.